The van der Waals surface area contributed by atoms with Gasteiger partial charge in [-0.25, -0.2) is 9.48 Å². The fraction of sp³-hybridized carbons (Fsp3) is 0.346. The summed E-state index contributed by atoms with van der Waals surface area (Å²) in [4.78, 5) is 24.1. The third kappa shape index (κ3) is 7.79. The molecule has 0 fully saturated rings. The van der Waals surface area contributed by atoms with E-state index in [0.29, 0.717) is 12.2 Å². The van der Waals surface area contributed by atoms with Crippen LogP contribution in [0.3, 0.4) is 0 Å². The molecule has 3 rings (SSSR count). The standard InChI is InChI=1S/C26H32N4O3/c1-19-21(18-30(29-19)23-10-6-5-7-11-23)9-8-16-27-24(31)17-20-12-14-22(15-13-20)28-25(32)33-26(2,3)4/h5-7,10-15,18H,8-9,16-17H2,1-4H3,(H,27,31)(H,28,32). The zero-order valence-corrected chi connectivity index (χ0v) is 19.7. The first-order valence-electron chi connectivity index (χ1n) is 11.2. The Morgan fingerprint density at radius 3 is 2.39 bits per heavy atom. The Morgan fingerprint density at radius 1 is 1.03 bits per heavy atom. The topological polar surface area (TPSA) is 85.3 Å². The van der Waals surface area contributed by atoms with E-state index in [9.17, 15) is 9.59 Å². The number of anilines is 1. The minimum Gasteiger partial charge on any atom is -0.444 e. The Morgan fingerprint density at radius 2 is 1.73 bits per heavy atom. The van der Waals surface area contributed by atoms with E-state index in [1.165, 1.54) is 5.56 Å². The van der Waals surface area contributed by atoms with E-state index < -0.39 is 11.7 Å². The van der Waals surface area contributed by atoms with E-state index in [2.05, 4.69) is 21.9 Å². The Bertz CT molecular complexity index is 1070. The molecule has 7 heteroatoms. The zero-order valence-electron chi connectivity index (χ0n) is 19.7. The number of carbonyl (C=O) groups is 2. The molecule has 0 radical (unpaired) electrons. The molecule has 0 aliphatic carbocycles. The average molecular weight is 449 g/mol. The van der Waals surface area contributed by atoms with Crippen molar-refractivity contribution in [1.29, 1.82) is 0 Å². The number of ether oxygens (including phenoxy) is 1. The van der Waals surface area contributed by atoms with Gasteiger partial charge in [0, 0.05) is 18.4 Å². The fourth-order valence-corrected chi connectivity index (χ4v) is 3.34. The first-order chi connectivity index (χ1) is 15.7. The number of hydrogen-bond donors (Lipinski definition) is 2. The van der Waals surface area contributed by atoms with Crippen molar-refractivity contribution in [3.63, 3.8) is 0 Å². The molecule has 0 saturated carbocycles. The van der Waals surface area contributed by atoms with Crippen LogP contribution < -0.4 is 10.6 Å². The van der Waals surface area contributed by atoms with Gasteiger partial charge in [0.25, 0.3) is 0 Å². The van der Waals surface area contributed by atoms with Gasteiger partial charge in [0.2, 0.25) is 5.91 Å². The summed E-state index contributed by atoms with van der Waals surface area (Å²) in [6.45, 7) is 8.05. The van der Waals surface area contributed by atoms with Crippen molar-refractivity contribution in [2.24, 2.45) is 0 Å². The summed E-state index contributed by atoms with van der Waals surface area (Å²) in [5, 5.41) is 10.2. The van der Waals surface area contributed by atoms with E-state index in [-0.39, 0.29) is 12.3 Å². The molecule has 174 valence electrons. The van der Waals surface area contributed by atoms with Gasteiger partial charge >= 0.3 is 6.09 Å². The quantitative estimate of drug-likeness (QED) is 0.484. The van der Waals surface area contributed by atoms with Gasteiger partial charge in [0.1, 0.15) is 5.60 Å². The Hall–Kier alpha value is -3.61. The van der Waals surface area contributed by atoms with Crippen molar-refractivity contribution in [2.75, 3.05) is 11.9 Å². The molecule has 1 heterocycles. The number of carbonyl (C=O) groups excluding carboxylic acids is 2. The molecule has 0 unspecified atom stereocenters. The third-order valence-electron chi connectivity index (χ3n) is 4.93. The third-order valence-corrected chi connectivity index (χ3v) is 4.93. The number of nitrogens with one attached hydrogen (secondary N) is 2. The molecule has 2 aromatic carbocycles. The summed E-state index contributed by atoms with van der Waals surface area (Å²) >= 11 is 0. The van der Waals surface area contributed by atoms with Crippen LogP contribution in [0.4, 0.5) is 10.5 Å². The monoisotopic (exact) mass is 448 g/mol. The SMILES string of the molecule is Cc1nn(-c2ccccc2)cc1CCCNC(=O)Cc1ccc(NC(=O)OC(C)(C)C)cc1. The lowest BCUT2D eigenvalue weighted by atomic mass is 10.1. The smallest absolute Gasteiger partial charge is 0.412 e. The summed E-state index contributed by atoms with van der Waals surface area (Å²) in [6.07, 6.45) is 3.53. The summed E-state index contributed by atoms with van der Waals surface area (Å²) in [5.74, 6) is -0.0282. The van der Waals surface area contributed by atoms with E-state index in [1.54, 1.807) is 12.1 Å². The Kier molecular flexibility index (Phi) is 7.87. The number of para-hydroxylation sites is 1. The molecule has 0 aliphatic rings. The molecule has 1 aromatic heterocycles. The summed E-state index contributed by atoms with van der Waals surface area (Å²) in [6, 6.07) is 17.2. The van der Waals surface area contributed by atoms with Crippen molar-refractivity contribution < 1.29 is 14.3 Å². The summed E-state index contributed by atoms with van der Waals surface area (Å²) < 4.78 is 7.13. The predicted molar refractivity (Wildman–Crippen MR) is 130 cm³/mol. The molecule has 0 atom stereocenters. The van der Waals surface area contributed by atoms with Crippen LogP contribution in [0.1, 0.15) is 44.0 Å². The van der Waals surface area contributed by atoms with Crippen LogP contribution in [-0.2, 0) is 22.4 Å². The number of nitrogens with zero attached hydrogens (tertiary/aromatic N) is 2. The molecule has 0 aliphatic heterocycles. The molecular weight excluding hydrogens is 416 g/mol. The minimum absolute atomic E-state index is 0.0282. The van der Waals surface area contributed by atoms with Crippen LogP contribution in [0.15, 0.2) is 60.8 Å². The fourth-order valence-electron chi connectivity index (χ4n) is 3.34. The van der Waals surface area contributed by atoms with Crippen LogP contribution in [-0.4, -0.2) is 33.9 Å². The maximum atomic E-state index is 12.3. The first kappa shape index (κ1) is 24.0. The van der Waals surface area contributed by atoms with Gasteiger partial charge in [-0.15, -0.1) is 0 Å². The van der Waals surface area contributed by atoms with Gasteiger partial charge in [0.15, 0.2) is 0 Å². The zero-order chi connectivity index (χ0) is 23.8. The average Bonchev–Trinajstić information content (AvgIpc) is 3.12. The highest BCUT2D eigenvalue weighted by Crippen LogP contribution is 2.14. The molecule has 2 N–H and O–H groups in total. The van der Waals surface area contributed by atoms with E-state index >= 15 is 0 Å². The molecule has 3 aromatic rings. The highest BCUT2D eigenvalue weighted by atomic mass is 16.6. The second kappa shape index (κ2) is 10.8. The van der Waals surface area contributed by atoms with Gasteiger partial charge in [-0.05, 0) is 75.9 Å². The van der Waals surface area contributed by atoms with Gasteiger partial charge in [-0.1, -0.05) is 30.3 Å². The Balaban J connectivity index is 1.40. The maximum Gasteiger partial charge on any atom is 0.412 e. The molecule has 0 saturated heterocycles. The van der Waals surface area contributed by atoms with E-state index in [1.807, 2.05) is 74.8 Å². The van der Waals surface area contributed by atoms with Crippen LogP contribution >= 0.6 is 0 Å². The molecule has 7 nitrogen and oxygen atoms in total. The largest absolute Gasteiger partial charge is 0.444 e. The molecular formula is C26H32N4O3. The second-order valence-corrected chi connectivity index (χ2v) is 8.97. The molecule has 2 amide bonds. The number of aromatic nitrogens is 2. The molecule has 0 spiro atoms. The number of aryl methyl sites for hydroxylation is 2. The van der Waals surface area contributed by atoms with Crippen LogP contribution in [0.2, 0.25) is 0 Å². The van der Waals surface area contributed by atoms with Crippen molar-refractivity contribution >= 4 is 17.7 Å². The van der Waals surface area contributed by atoms with Crippen molar-refractivity contribution in [3.8, 4) is 5.69 Å². The molecule has 0 bridgehead atoms. The lowest BCUT2D eigenvalue weighted by Gasteiger charge is -2.19. The highest BCUT2D eigenvalue weighted by molar-refractivity contribution is 5.85. The van der Waals surface area contributed by atoms with E-state index in [0.717, 1.165) is 29.8 Å². The maximum absolute atomic E-state index is 12.3. The summed E-state index contributed by atoms with van der Waals surface area (Å²) in [7, 11) is 0. The van der Waals surface area contributed by atoms with Gasteiger partial charge in [-0.3, -0.25) is 10.1 Å². The lowest BCUT2D eigenvalue weighted by Crippen LogP contribution is -2.27. The van der Waals surface area contributed by atoms with Gasteiger partial charge < -0.3 is 10.1 Å². The Labute approximate surface area is 195 Å². The highest BCUT2D eigenvalue weighted by Gasteiger charge is 2.16. The van der Waals surface area contributed by atoms with Gasteiger partial charge in [0.05, 0.1) is 17.8 Å². The predicted octanol–water partition coefficient (Wildman–Crippen LogP) is 4.82. The number of hydrogen-bond acceptors (Lipinski definition) is 4. The normalized spacial score (nSPS) is 11.2. The summed E-state index contributed by atoms with van der Waals surface area (Å²) in [5.41, 5.74) is 4.17. The van der Waals surface area contributed by atoms with Crippen molar-refractivity contribution in [2.45, 2.75) is 52.6 Å². The first-order valence-corrected chi connectivity index (χ1v) is 11.2. The van der Waals surface area contributed by atoms with Gasteiger partial charge in [-0.2, -0.15) is 5.10 Å². The number of rotatable bonds is 8. The number of amides is 2. The van der Waals surface area contributed by atoms with Crippen LogP contribution in [0.5, 0.6) is 0 Å². The lowest BCUT2D eigenvalue weighted by molar-refractivity contribution is -0.120. The molecule has 33 heavy (non-hydrogen) atoms. The van der Waals surface area contributed by atoms with Crippen LogP contribution in [0, 0.1) is 6.92 Å². The van der Waals surface area contributed by atoms with Crippen molar-refractivity contribution in [3.05, 3.63) is 77.6 Å². The second-order valence-electron chi connectivity index (χ2n) is 8.97. The number of benzene rings is 2. The van der Waals surface area contributed by atoms with Crippen molar-refractivity contribution in [1.82, 2.24) is 15.1 Å². The minimum atomic E-state index is -0.552. The van der Waals surface area contributed by atoms with E-state index in [4.69, 9.17) is 4.74 Å². The van der Waals surface area contributed by atoms with Crippen LogP contribution in [0.25, 0.3) is 5.69 Å².